The molecule has 0 aliphatic carbocycles. The monoisotopic (exact) mass is 772 g/mol. The molecule has 4 aromatic rings. The molecule has 0 aromatic heterocycles. The molecule has 2 aliphatic heterocycles. The van der Waals surface area contributed by atoms with Crippen molar-refractivity contribution < 1.29 is 66.5 Å². The number of fused-ring (bicyclic) bond motifs is 2. The zero-order valence-corrected chi connectivity index (χ0v) is 32.5. The Morgan fingerprint density at radius 1 is 0.464 bits per heavy atom. The first-order valence-corrected chi connectivity index (χ1v) is 17.6. The minimum absolute atomic E-state index is 0.294. The van der Waals surface area contributed by atoms with Crippen LogP contribution in [-0.4, -0.2) is 72.8 Å². The number of hydrogen-bond acceptors (Lipinski definition) is 14. The van der Waals surface area contributed by atoms with E-state index in [1.165, 1.54) is 56.3 Å². The molecule has 2 heterocycles. The van der Waals surface area contributed by atoms with Gasteiger partial charge in [-0.1, -0.05) is 18.2 Å². The van der Waals surface area contributed by atoms with Crippen molar-refractivity contribution in [2.75, 3.05) is 42.7 Å². The molecule has 4 aromatic carbocycles. The number of rotatable bonds is 12. The van der Waals surface area contributed by atoms with E-state index in [4.69, 9.17) is 52.1 Å². The Kier molecular flexibility index (Phi) is 11.7. The smallest absolute Gasteiger partial charge is 0.303 e. The first-order chi connectivity index (χ1) is 26.9. The van der Waals surface area contributed by atoms with Gasteiger partial charge in [-0.3, -0.25) is 14.4 Å². The van der Waals surface area contributed by atoms with Crippen molar-refractivity contribution in [2.24, 2.45) is 0 Å². The lowest BCUT2D eigenvalue weighted by Gasteiger charge is -2.41. The highest BCUT2D eigenvalue weighted by atomic mass is 16.6. The maximum atomic E-state index is 12.9. The van der Waals surface area contributed by atoms with Gasteiger partial charge in [0.05, 0.1) is 48.6 Å². The fourth-order valence-corrected chi connectivity index (χ4v) is 7.30. The average Bonchev–Trinajstić information content (AvgIpc) is 3.19. The van der Waals surface area contributed by atoms with Gasteiger partial charge in [0.2, 0.25) is 0 Å². The second-order valence-corrected chi connectivity index (χ2v) is 13.0. The molecular weight excluding hydrogens is 728 g/mol. The Bertz CT molecular complexity index is 2110. The molecule has 14 nitrogen and oxygen atoms in total. The van der Waals surface area contributed by atoms with Gasteiger partial charge in [-0.2, -0.15) is 0 Å². The van der Waals surface area contributed by atoms with Crippen molar-refractivity contribution in [1.82, 2.24) is 0 Å². The number of carbonyl (C=O) groups excluding carboxylic acids is 3. The molecule has 0 spiro atoms. The van der Waals surface area contributed by atoms with Crippen LogP contribution in [0.5, 0.6) is 46.0 Å². The molecule has 2 aliphatic rings. The van der Waals surface area contributed by atoms with Gasteiger partial charge in [-0.05, 0) is 36.4 Å². The first kappa shape index (κ1) is 39.4. The summed E-state index contributed by atoms with van der Waals surface area (Å²) < 4.78 is 65.0. The molecule has 0 unspecified atom stereocenters. The summed E-state index contributed by atoms with van der Waals surface area (Å²) in [7, 11) is 9.13. The van der Waals surface area contributed by atoms with Crippen molar-refractivity contribution in [3.05, 3.63) is 94.5 Å². The normalized spacial score (nSPS) is 20.7. The minimum Gasteiger partial charge on any atom is -0.497 e. The number of ether oxygens (including phenoxy) is 11. The molecule has 0 amide bonds. The van der Waals surface area contributed by atoms with Crippen LogP contribution in [0.1, 0.15) is 72.8 Å². The summed E-state index contributed by atoms with van der Waals surface area (Å²) in [6.45, 7) is 3.85. The quantitative estimate of drug-likeness (QED) is 0.112. The maximum Gasteiger partial charge on any atom is 0.303 e. The third-order valence-electron chi connectivity index (χ3n) is 9.66. The molecule has 0 bridgehead atoms. The van der Waals surface area contributed by atoms with E-state index in [2.05, 4.69) is 0 Å². The summed E-state index contributed by atoms with van der Waals surface area (Å²) in [4.78, 5) is 38.5. The topological polar surface area (TPSA) is 153 Å². The van der Waals surface area contributed by atoms with Crippen LogP contribution >= 0.6 is 0 Å². The van der Waals surface area contributed by atoms with Crippen LogP contribution in [0.15, 0.2) is 66.7 Å². The predicted octanol–water partition coefficient (Wildman–Crippen LogP) is 6.61. The van der Waals surface area contributed by atoms with E-state index in [0.717, 1.165) is 0 Å². The molecule has 296 valence electrons. The van der Waals surface area contributed by atoms with Crippen LogP contribution < -0.4 is 37.9 Å². The zero-order chi connectivity index (χ0) is 40.3. The molecule has 6 atom stereocenters. The van der Waals surface area contributed by atoms with E-state index in [-0.39, 0.29) is 0 Å². The number of hydrogen-bond donors (Lipinski definition) is 0. The van der Waals surface area contributed by atoms with Crippen LogP contribution in [0.2, 0.25) is 0 Å². The van der Waals surface area contributed by atoms with Gasteiger partial charge < -0.3 is 52.1 Å². The van der Waals surface area contributed by atoms with Crippen molar-refractivity contribution in [3.63, 3.8) is 0 Å². The molecule has 0 saturated heterocycles. The van der Waals surface area contributed by atoms with Crippen LogP contribution in [0.4, 0.5) is 0 Å². The van der Waals surface area contributed by atoms with Crippen LogP contribution in [0.3, 0.4) is 0 Å². The van der Waals surface area contributed by atoms with Gasteiger partial charge in [-0.15, -0.1) is 0 Å². The van der Waals surface area contributed by atoms with Crippen LogP contribution in [-0.2, 0) is 28.6 Å². The lowest BCUT2D eigenvalue weighted by Crippen LogP contribution is -2.40. The summed E-state index contributed by atoms with van der Waals surface area (Å²) in [5, 5.41) is 0. The van der Waals surface area contributed by atoms with E-state index in [0.29, 0.717) is 73.8 Å². The second-order valence-electron chi connectivity index (χ2n) is 13.0. The highest BCUT2D eigenvalue weighted by Crippen LogP contribution is 2.54. The highest BCUT2D eigenvalue weighted by Gasteiger charge is 2.48. The number of benzene rings is 4. The summed E-state index contributed by atoms with van der Waals surface area (Å²) in [5.41, 5.74) is 2.74. The third-order valence-corrected chi connectivity index (χ3v) is 9.66. The fourth-order valence-electron chi connectivity index (χ4n) is 7.30. The number of esters is 3. The molecule has 0 fully saturated rings. The molecule has 56 heavy (non-hydrogen) atoms. The minimum atomic E-state index is -1.16. The molecule has 0 saturated carbocycles. The van der Waals surface area contributed by atoms with E-state index < -0.39 is 54.3 Å². The standard InChI is InChI=1S/C42H44O14/c1-21(43)52-40-29-19-28(32(49-7)20-34(29)56-39(42(40)54-23(3)45)25-11-15-31(48-6)36(17-25)51-9)37-27-13-12-26(46-4)18-33(27)55-38(41(37)53-22(2)44)24-10-14-30(47-5)35(16-24)50-8/h10-20,37-42H,1-9H3/t37-,38-,39-,40-,41+,42-/m1/s1. The van der Waals surface area contributed by atoms with Gasteiger partial charge in [0.25, 0.3) is 0 Å². The number of methoxy groups -OCH3 is 6. The van der Waals surface area contributed by atoms with Gasteiger partial charge in [0.1, 0.15) is 23.0 Å². The zero-order valence-electron chi connectivity index (χ0n) is 32.5. The lowest BCUT2D eigenvalue weighted by molar-refractivity contribution is -0.178. The van der Waals surface area contributed by atoms with E-state index >= 15 is 0 Å². The van der Waals surface area contributed by atoms with E-state index in [1.54, 1.807) is 67.8 Å². The van der Waals surface area contributed by atoms with E-state index in [1.807, 2.05) is 6.07 Å². The van der Waals surface area contributed by atoms with Crippen molar-refractivity contribution in [1.29, 1.82) is 0 Å². The van der Waals surface area contributed by atoms with Gasteiger partial charge >= 0.3 is 17.9 Å². The van der Waals surface area contributed by atoms with Crippen molar-refractivity contribution in [2.45, 2.75) is 57.2 Å². The number of carbonyl (C=O) groups is 3. The first-order valence-electron chi connectivity index (χ1n) is 17.6. The Balaban J connectivity index is 1.59. The second kappa shape index (κ2) is 16.6. The molecule has 0 N–H and O–H groups in total. The summed E-state index contributed by atoms with van der Waals surface area (Å²) in [6.07, 6.45) is -5.15. The summed E-state index contributed by atoms with van der Waals surface area (Å²) >= 11 is 0. The van der Waals surface area contributed by atoms with Gasteiger partial charge in [0, 0.05) is 60.7 Å². The van der Waals surface area contributed by atoms with Crippen LogP contribution in [0.25, 0.3) is 0 Å². The van der Waals surface area contributed by atoms with Gasteiger partial charge in [-0.25, -0.2) is 0 Å². The predicted molar refractivity (Wildman–Crippen MR) is 199 cm³/mol. The molecular formula is C42H44O14. The van der Waals surface area contributed by atoms with Crippen molar-refractivity contribution in [3.8, 4) is 46.0 Å². The Morgan fingerprint density at radius 3 is 1.46 bits per heavy atom. The average molecular weight is 773 g/mol. The Morgan fingerprint density at radius 2 is 0.964 bits per heavy atom. The summed E-state index contributed by atoms with van der Waals surface area (Å²) in [6, 6.07) is 19.2. The summed E-state index contributed by atoms with van der Waals surface area (Å²) in [5.74, 6) is 0.904. The fraction of sp³-hybridized carbons (Fsp3) is 0.357. The van der Waals surface area contributed by atoms with Crippen LogP contribution in [0, 0.1) is 0 Å². The molecule has 6 rings (SSSR count). The largest absolute Gasteiger partial charge is 0.497 e. The SMILES string of the molecule is COc1ccc2c(c1)O[C@H](c1ccc(OC)c(OC)c1)[C@@H](OC(C)=O)[C@H]2c1cc2c(cc1OC)O[C@H](c1ccc(OC)c(OC)c1)[C@@H](OC(C)=O)[C@@H]2OC(C)=O. The van der Waals surface area contributed by atoms with Gasteiger partial charge in [0.15, 0.2) is 53.5 Å². The third kappa shape index (κ3) is 7.63. The highest BCUT2D eigenvalue weighted by molar-refractivity contribution is 5.69. The molecule has 14 heteroatoms. The Hall–Kier alpha value is -6.31. The maximum absolute atomic E-state index is 12.9. The Labute approximate surface area is 324 Å². The lowest BCUT2D eigenvalue weighted by atomic mass is 9.78. The van der Waals surface area contributed by atoms with E-state index in [9.17, 15) is 14.4 Å². The van der Waals surface area contributed by atoms with Crippen molar-refractivity contribution >= 4 is 17.9 Å². The molecule has 0 radical (unpaired) electrons.